The van der Waals surface area contributed by atoms with Crippen LogP contribution >= 0.6 is 0 Å². The van der Waals surface area contributed by atoms with Gasteiger partial charge in [-0.25, -0.2) is 5.01 Å². The van der Waals surface area contributed by atoms with Crippen LogP contribution in [0.1, 0.15) is 6.42 Å². The van der Waals surface area contributed by atoms with Gasteiger partial charge in [-0.1, -0.05) is 30.4 Å². The van der Waals surface area contributed by atoms with E-state index < -0.39 is 0 Å². The molecule has 4 nitrogen and oxygen atoms in total. The predicted molar refractivity (Wildman–Crippen MR) is 76.8 cm³/mol. The molecule has 2 bridgehead atoms. The zero-order chi connectivity index (χ0) is 14.1. The van der Waals surface area contributed by atoms with Gasteiger partial charge in [-0.05, 0) is 42.2 Å². The molecule has 0 aromatic heterocycles. The van der Waals surface area contributed by atoms with Crippen LogP contribution in [0.3, 0.4) is 0 Å². The molecule has 6 rings (SSSR count). The Balaban J connectivity index is 1.56. The number of hydrogen-bond donors (Lipinski definition) is 1. The van der Waals surface area contributed by atoms with Crippen LogP contribution in [0.2, 0.25) is 0 Å². The number of rotatable bonds is 1. The zero-order valence-corrected chi connectivity index (χ0v) is 11.5. The first-order valence-corrected chi connectivity index (χ1v) is 7.63. The van der Waals surface area contributed by atoms with Crippen LogP contribution in [0, 0.1) is 35.5 Å². The Bertz CT molecular complexity index is 669. The molecular formula is C17H16N2O2. The van der Waals surface area contributed by atoms with Gasteiger partial charge < -0.3 is 0 Å². The maximum atomic E-state index is 12.9. The zero-order valence-electron chi connectivity index (χ0n) is 11.5. The van der Waals surface area contributed by atoms with Gasteiger partial charge >= 0.3 is 0 Å². The largest absolute Gasteiger partial charge is 0.273 e. The summed E-state index contributed by atoms with van der Waals surface area (Å²) in [6, 6.07) is 9.38. The smallest absolute Gasteiger partial charge is 0.250 e. The van der Waals surface area contributed by atoms with Gasteiger partial charge in [0.25, 0.3) is 0 Å². The highest BCUT2D eigenvalue weighted by Crippen LogP contribution is 2.64. The molecule has 0 spiro atoms. The van der Waals surface area contributed by atoms with Crippen molar-refractivity contribution in [3.8, 4) is 0 Å². The summed E-state index contributed by atoms with van der Waals surface area (Å²) in [5, 5.41) is 1.45. The third-order valence-electron chi connectivity index (χ3n) is 5.70. The summed E-state index contributed by atoms with van der Waals surface area (Å²) in [6.45, 7) is 0. The molecule has 3 fully saturated rings. The highest BCUT2D eigenvalue weighted by molar-refractivity contribution is 6.04. The number of nitrogens with one attached hydrogen (secondary N) is 1. The minimum absolute atomic E-state index is 0.00755. The van der Waals surface area contributed by atoms with Gasteiger partial charge in [0.1, 0.15) is 0 Å². The molecule has 0 unspecified atom stereocenters. The van der Waals surface area contributed by atoms with Crippen LogP contribution in [0.15, 0.2) is 42.5 Å². The Hall–Kier alpha value is -2.10. The van der Waals surface area contributed by atoms with Gasteiger partial charge in [0, 0.05) is 0 Å². The first kappa shape index (κ1) is 11.5. The van der Waals surface area contributed by atoms with E-state index in [0.717, 1.165) is 5.69 Å². The van der Waals surface area contributed by atoms with Gasteiger partial charge in [-0.2, -0.15) is 0 Å². The lowest BCUT2D eigenvalue weighted by Gasteiger charge is -2.48. The van der Waals surface area contributed by atoms with E-state index in [1.807, 2.05) is 30.3 Å². The van der Waals surface area contributed by atoms with Gasteiger partial charge in [0.2, 0.25) is 11.8 Å². The third-order valence-corrected chi connectivity index (χ3v) is 5.70. The van der Waals surface area contributed by atoms with E-state index in [1.54, 1.807) is 0 Å². The fraction of sp³-hybridized carbons (Fsp3) is 0.412. The van der Waals surface area contributed by atoms with Crippen LogP contribution < -0.4 is 10.4 Å². The summed E-state index contributed by atoms with van der Waals surface area (Å²) >= 11 is 0. The molecule has 6 atom stereocenters. The van der Waals surface area contributed by atoms with Crippen molar-refractivity contribution in [1.82, 2.24) is 5.43 Å². The maximum Gasteiger partial charge on any atom is 0.250 e. The van der Waals surface area contributed by atoms with E-state index >= 15 is 0 Å². The van der Waals surface area contributed by atoms with Crippen molar-refractivity contribution in [2.24, 2.45) is 35.5 Å². The Morgan fingerprint density at radius 3 is 2.33 bits per heavy atom. The van der Waals surface area contributed by atoms with E-state index in [-0.39, 0.29) is 35.5 Å². The van der Waals surface area contributed by atoms with E-state index in [9.17, 15) is 9.59 Å². The van der Waals surface area contributed by atoms with Crippen molar-refractivity contribution in [3.63, 3.8) is 0 Å². The second kappa shape index (κ2) is 3.75. The predicted octanol–water partition coefficient (Wildman–Crippen LogP) is 1.75. The number of carbonyl (C=O) groups is 2. The SMILES string of the molecule is O=C1NN(c2ccccc2)C(=O)[C@@H]2[C@H]3C=C[C@H]([C@H]4C[C@@H]34)[C@H]12. The number of para-hydroxylation sites is 1. The quantitative estimate of drug-likeness (QED) is 0.797. The standard InChI is InChI=1S/C17H16N2O2/c20-16-14-10-6-7-11(13-8-12(10)13)15(14)17(21)19(18-16)9-4-2-1-3-5-9/h1-7,10-15H,8H2,(H,18,20)/t10-,11+,12-,13+,14+,15-/m1/s1. The molecule has 21 heavy (non-hydrogen) atoms. The number of carbonyl (C=O) groups excluding carboxylic acids is 2. The summed E-state index contributed by atoms with van der Waals surface area (Å²) in [4.78, 5) is 25.5. The van der Waals surface area contributed by atoms with E-state index in [4.69, 9.17) is 0 Å². The highest BCUT2D eigenvalue weighted by atomic mass is 16.2. The molecule has 1 aromatic carbocycles. The van der Waals surface area contributed by atoms with E-state index in [1.165, 1.54) is 11.4 Å². The first-order chi connectivity index (χ1) is 10.3. The topological polar surface area (TPSA) is 49.4 Å². The number of allylic oxidation sites excluding steroid dienone is 2. The number of amides is 2. The molecule has 2 saturated carbocycles. The molecule has 4 heteroatoms. The summed E-state index contributed by atoms with van der Waals surface area (Å²) in [5.41, 5.74) is 3.56. The van der Waals surface area contributed by atoms with Gasteiger partial charge in [-0.15, -0.1) is 0 Å². The van der Waals surface area contributed by atoms with Crippen LogP contribution in [0.5, 0.6) is 0 Å². The lowest BCUT2D eigenvalue weighted by Crippen LogP contribution is -2.64. The highest BCUT2D eigenvalue weighted by Gasteiger charge is 2.64. The minimum atomic E-state index is -0.169. The molecule has 2 amide bonds. The molecule has 0 radical (unpaired) electrons. The molecular weight excluding hydrogens is 264 g/mol. The number of hydrogen-bond acceptors (Lipinski definition) is 2. The van der Waals surface area contributed by atoms with Gasteiger partial charge in [-0.3, -0.25) is 15.0 Å². The monoisotopic (exact) mass is 280 g/mol. The Morgan fingerprint density at radius 2 is 1.62 bits per heavy atom. The van der Waals surface area contributed by atoms with Crippen molar-refractivity contribution < 1.29 is 9.59 Å². The van der Waals surface area contributed by atoms with Crippen molar-refractivity contribution in [1.29, 1.82) is 0 Å². The second-order valence-corrected chi connectivity index (χ2v) is 6.64. The summed E-state index contributed by atoms with van der Waals surface area (Å²) in [7, 11) is 0. The van der Waals surface area contributed by atoms with Crippen molar-refractivity contribution >= 4 is 17.5 Å². The lowest BCUT2D eigenvalue weighted by molar-refractivity contribution is -0.146. The van der Waals surface area contributed by atoms with Gasteiger partial charge in [0.15, 0.2) is 0 Å². The van der Waals surface area contributed by atoms with Crippen molar-refractivity contribution in [3.05, 3.63) is 42.5 Å². The van der Waals surface area contributed by atoms with Crippen LogP contribution in [-0.4, -0.2) is 11.8 Å². The van der Waals surface area contributed by atoms with E-state index in [2.05, 4.69) is 17.6 Å². The molecule has 4 aliphatic carbocycles. The molecule has 1 aromatic rings. The second-order valence-electron chi connectivity index (χ2n) is 6.64. The number of anilines is 1. The molecule has 1 N–H and O–H groups in total. The Labute approximate surface area is 122 Å². The van der Waals surface area contributed by atoms with Gasteiger partial charge in [0.05, 0.1) is 17.5 Å². The summed E-state index contributed by atoms with van der Waals surface area (Å²) in [5.74, 6) is 1.54. The van der Waals surface area contributed by atoms with E-state index in [0.29, 0.717) is 11.8 Å². The number of nitrogens with zero attached hydrogens (tertiary/aromatic N) is 1. The fourth-order valence-corrected chi connectivity index (χ4v) is 4.73. The minimum Gasteiger partial charge on any atom is -0.273 e. The van der Waals surface area contributed by atoms with Crippen molar-refractivity contribution in [2.45, 2.75) is 6.42 Å². The average molecular weight is 280 g/mol. The molecule has 1 saturated heterocycles. The van der Waals surface area contributed by atoms with Crippen LogP contribution in [0.25, 0.3) is 0 Å². The molecule has 5 aliphatic rings. The Kier molecular flexibility index (Phi) is 2.06. The number of benzene rings is 1. The van der Waals surface area contributed by atoms with Crippen molar-refractivity contribution in [2.75, 3.05) is 5.01 Å². The summed E-state index contributed by atoms with van der Waals surface area (Å²) in [6.07, 6.45) is 5.56. The van der Waals surface area contributed by atoms with Crippen LogP contribution in [-0.2, 0) is 9.59 Å². The molecule has 1 heterocycles. The molecule has 1 aliphatic heterocycles. The number of hydrazine groups is 1. The maximum absolute atomic E-state index is 12.9. The molecule has 106 valence electrons. The Morgan fingerprint density at radius 1 is 0.952 bits per heavy atom. The normalized spacial score (nSPS) is 42.4. The third kappa shape index (κ3) is 1.40. The summed E-state index contributed by atoms with van der Waals surface area (Å²) < 4.78 is 0. The average Bonchev–Trinajstić information content (AvgIpc) is 3.33. The van der Waals surface area contributed by atoms with Crippen LogP contribution in [0.4, 0.5) is 5.69 Å². The lowest BCUT2D eigenvalue weighted by atomic mass is 9.61. The fourth-order valence-electron chi connectivity index (χ4n) is 4.73. The first-order valence-electron chi connectivity index (χ1n) is 7.63.